The van der Waals surface area contributed by atoms with E-state index < -0.39 is 0 Å². The summed E-state index contributed by atoms with van der Waals surface area (Å²) in [6.45, 7) is 5.65. The lowest BCUT2D eigenvalue weighted by atomic mass is 10.2. The minimum absolute atomic E-state index is 0.880. The number of hydrogen-bond acceptors (Lipinski definition) is 4. The molecule has 20 heavy (non-hydrogen) atoms. The Balaban J connectivity index is 1.45. The highest BCUT2D eigenvalue weighted by atomic mass is 32.1. The standard InChI is InChI=1S/C16H21N3S/c1-2-6-14(7-3-1)15-13-20-16(18-15)12-17-8-11-19-9-4-5-10-19/h1-3,6-7,13,17H,4-5,8-12H2. The molecule has 0 unspecified atom stereocenters. The molecule has 1 aliphatic heterocycles. The number of rotatable bonds is 6. The summed E-state index contributed by atoms with van der Waals surface area (Å²) >= 11 is 1.74. The summed E-state index contributed by atoms with van der Waals surface area (Å²) in [5.41, 5.74) is 2.29. The van der Waals surface area contributed by atoms with Crippen LogP contribution in [0.4, 0.5) is 0 Å². The molecule has 0 amide bonds. The molecule has 3 rings (SSSR count). The summed E-state index contributed by atoms with van der Waals surface area (Å²) in [5, 5.41) is 6.82. The first kappa shape index (κ1) is 13.7. The van der Waals surface area contributed by atoms with E-state index in [1.165, 1.54) is 36.5 Å². The molecule has 1 N–H and O–H groups in total. The Kier molecular flexibility index (Phi) is 4.79. The molecule has 1 fully saturated rings. The molecule has 1 aliphatic rings. The van der Waals surface area contributed by atoms with Crippen LogP contribution in [0, 0.1) is 0 Å². The molecule has 2 heterocycles. The molecule has 0 spiro atoms. The van der Waals surface area contributed by atoms with Crippen molar-refractivity contribution in [3.63, 3.8) is 0 Å². The molecule has 106 valence electrons. The molecule has 0 radical (unpaired) electrons. The van der Waals surface area contributed by atoms with Crippen LogP contribution in [0.5, 0.6) is 0 Å². The molecule has 1 aromatic carbocycles. The van der Waals surface area contributed by atoms with Crippen molar-refractivity contribution >= 4 is 11.3 Å². The zero-order valence-corrected chi connectivity index (χ0v) is 12.5. The topological polar surface area (TPSA) is 28.2 Å². The molecule has 0 saturated carbocycles. The van der Waals surface area contributed by atoms with Crippen LogP contribution in [0.3, 0.4) is 0 Å². The number of thiazole rings is 1. The Morgan fingerprint density at radius 3 is 2.75 bits per heavy atom. The van der Waals surface area contributed by atoms with Crippen molar-refractivity contribution in [2.75, 3.05) is 26.2 Å². The van der Waals surface area contributed by atoms with Crippen molar-refractivity contribution < 1.29 is 0 Å². The Labute approximate surface area is 124 Å². The average molecular weight is 287 g/mol. The van der Waals surface area contributed by atoms with Gasteiger partial charge in [0.05, 0.1) is 5.69 Å². The van der Waals surface area contributed by atoms with Crippen LogP contribution in [0.25, 0.3) is 11.3 Å². The molecular weight excluding hydrogens is 266 g/mol. The van der Waals surface area contributed by atoms with Gasteiger partial charge in [-0.2, -0.15) is 0 Å². The van der Waals surface area contributed by atoms with E-state index >= 15 is 0 Å². The van der Waals surface area contributed by atoms with Crippen molar-refractivity contribution in [3.05, 3.63) is 40.7 Å². The Bertz CT molecular complexity index is 518. The highest BCUT2D eigenvalue weighted by Crippen LogP contribution is 2.21. The Morgan fingerprint density at radius 2 is 1.95 bits per heavy atom. The van der Waals surface area contributed by atoms with Gasteiger partial charge in [-0.25, -0.2) is 4.98 Å². The van der Waals surface area contributed by atoms with Gasteiger partial charge in [0.2, 0.25) is 0 Å². The van der Waals surface area contributed by atoms with E-state index in [0.717, 1.165) is 25.3 Å². The van der Waals surface area contributed by atoms with Gasteiger partial charge >= 0.3 is 0 Å². The molecule has 0 aliphatic carbocycles. The van der Waals surface area contributed by atoms with Crippen LogP contribution < -0.4 is 5.32 Å². The smallest absolute Gasteiger partial charge is 0.107 e. The third-order valence-electron chi connectivity index (χ3n) is 3.70. The predicted molar refractivity (Wildman–Crippen MR) is 84.9 cm³/mol. The predicted octanol–water partition coefficient (Wildman–Crippen LogP) is 3.00. The normalized spacial score (nSPS) is 15.8. The molecule has 1 aromatic heterocycles. The zero-order chi connectivity index (χ0) is 13.6. The lowest BCUT2D eigenvalue weighted by molar-refractivity contribution is 0.335. The van der Waals surface area contributed by atoms with Gasteiger partial charge in [-0.05, 0) is 25.9 Å². The van der Waals surface area contributed by atoms with Gasteiger partial charge in [0, 0.05) is 30.6 Å². The van der Waals surface area contributed by atoms with E-state index in [1.807, 2.05) is 6.07 Å². The average Bonchev–Trinajstić information content (AvgIpc) is 3.16. The minimum Gasteiger partial charge on any atom is -0.309 e. The molecule has 4 heteroatoms. The number of aromatic nitrogens is 1. The number of likely N-dealkylation sites (tertiary alicyclic amines) is 1. The van der Waals surface area contributed by atoms with Crippen LogP contribution in [0.1, 0.15) is 17.8 Å². The van der Waals surface area contributed by atoms with Crippen LogP contribution in [0.15, 0.2) is 35.7 Å². The van der Waals surface area contributed by atoms with Gasteiger partial charge in [0.15, 0.2) is 0 Å². The number of nitrogens with zero attached hydrogens (tertiary/aromatic N) is 2. The summed E-state index contributed by atoms with van der Waals surface area (Å²) in [7, 11) is 0. The second kappa shape index (κ2) is 6.97. The first-order chi connectivity index (χ1) is 9.92. The van der Waals surface area contributed by atoms with E-state index in [4.69, 9.17) is 4.98 Å². The molecule has 2 aromatic rings. The second-order valence-corrected chi connectivity index (χ2v) is 6.16. The quantitative estimate of drug-likeness (QED) is 0.828. The van der Waals surface area contributed by atoms with Crippen LogP contribution >= 0.6 is 11.3 Å². The van der Waals surface area contributed by atoms with E-state index in [9.17, 15) is 0 Å². The Morgan fingerprint density at radius 1 is 1.15 bits per heavy atom. The van der Waals surface area contributed by atoms with Gasteiger partial charge in [0.1, 0.15) is 5.01 Å². The fourth-order valence-electron chi connectivity index (χ4n) is 2.57. The van der Waals surface area contributed by atoms with Gasteiger partial charge < -0.3 is 10.2 Å². The zero-order valence-electron chi connectivity index (χ0n) is 11.7. The SMILES string of the molecule is c1ccc(-c2csc(CNCCN3CCCC3)n2)cc1. The van der Waals surface area contributed by atoms with Crippen LogP contribution in [-0.4, -0.2) is 36.1 Å². The molecule has 0 atom stereocenters. The van der Waals surface area contributed by atoms with Crippen molar-refractivity contribution in [1.29, 1.82) is 0 Å². The molecule has 3 nitrogen and oxygen atoms in total. The van der Waals surface area contributed by atoms with Gasteiger partial charge in [0.25, 0.3) is 0 Å². The first-order valence-corrected chi connectivity index (χ1v) is 8.23. The highest BCUT2D eigenvalue weighted by Gasteiger charge is 2.10. The van der Waals surface area contributed by atoms with Crippen molar-refractivity contribution in [2.24, 2.45) is 0 Å². The molecular formula is C16H21N3S. The van der Waals surface area contributed by atoms with Gasteiger partial charge in [-0.3, -0.25) is 0 Å². The third-order valence-corrected chi connectivity index (χ3v) is 4.55. The maximum absolute atomic E-state index is 4.69. The molecule has 0 bridgehead atoms. The van der Waals surface area contributed by atoms with Crippen molar-refractivity contribution in [1.82, 2.24) is 15.2 Å². The monoisotopic (exact) mass is 287 g/mol. The number of benzene rings is 1. The van der Waals surface area contributed by atoms with E-state index in [-0.39, 0.29) is 0 Å². The minimum atomic E-state index is 0.880. The summed E-state index contributed by atoms with van der Waals surface area (Å²) in [5.74, 6) is 0. The summed E-state index contributed by atoms with van der Waals surface area (Å²) in [4.78, 5) is 7.22. The second-order valence-electron chi connectivity index (χ2n) is 5.22. The summed E-state index contributed by atoms with van der Waals surface area (Å²) in [6, 6.07) is 10.4. The number of hydrogen-bond donors (Lipinski definition) is 1. The largest absolute Gasteiger partial charge is 0.309 e. The maximum Gasteiger partial charge on any atom is 0.107 e. The van der Waals surface area contributed by atoms with E-state index in [2.05, 4.69) is 39.9 Å². The maximum atomic E-state index is 4.69. The first-order valence-electron chi connectivity index (χ1n) is 7.35. The van der Waals surface area contributed by atoms with Gasteiger partial charge in [-0.15, -0.1) is 11.3 Å². The van der Waals surface area contributed by atoms with Crippen LogP contribution in [0.2, 0.25) is 0 Å². The fraction of sp³-hybridized carbons (Fsp3) is 0.438. The fourth-order valence-corrected chi connectivity index (χ4v) is 3.35. The third kappa shape index (κ3) is 3.66. The van der Waals surface area contributed by atoms with E-state index in [0.29, 0.717) is 0 Å². The Hall–Kier alpha value is -1.23. The molecule has 1 saturated heterocycles. The summed E-state index contributed by atoms with van der Waals surface area (Å²) in [6.07, 6.45) is 2.74. The highest BCUT2D eigenvalue weighted by molar-refractivity contribution is 7.09. The van der Waals surface area contributed by atoms with Crippen LogP contribution in [-0.2, 0) is 6.54 Å². The van der Waals surface area contributed by atoms with Gasteiger partial charge in [-0.1, -0.05) is 30.3 Å². The van der Waals surface area contributed by atoms with Crippen molar-refractivity contribution in [3.8, 4) is 11.3 Å². The lowest BCUT2D eigenvalue weighted by Crippen LogP contribution is -2.29. The van der Waals surface area contributed by atoms with Crippen molar-refractivity contribution in [2.45, 2.75) is 19.4 Å². The van der Waals surface area contributed by atoms with E-state index in [1.54, 1.807) is 11.3 Å². The lowest BCUT2D eigenvalue weighted by Gasteiger charge is -2.14. The summed E-state index contributed by atoms with van der Waals surface area (Å²) < 4.78 is 0. The number of nitrogens with one attached hydrogen (secondary N) is 1.